The molecular formula is C22H32N4O3. The second-order valence-electron chi connectivity index (χ2n) is 7.90. The van der Waals surface area contributed by atoms with Crippen LogP contribution in [0.2, 0.25) is 0 Å². The molecule has 1 aliphatic carbocycles. The molecule has 1 aromatic heterocycles. The van der Waals surface area contributed by atoms with E-state index in [1.165, 1.54) is 23.4 Å². The zero-order valence-corrected chi connectivity index (χ0v) is 17.6. The summed E-state index contributed by atoms with van der Waals surface area (Å²) in [5.74, 6) is 1.64. The number of H-pyrrole nitrogens is 1. The molecule has 1 saturated heterocycles. The van der Waals surface area contributed by atoms with Gasteiger partial charge in [0.15, 0.2) is 11.5 Å². The van der Waals surface area contributed by atoms with Gasteiger partial charge >= 0.3 is 0 Å². The molecule has 29 heavy (non-hydrogen) atoms. The standard InChI is InChI=1S/C22H32N4O3/c1-25(16-20-18-6-4-7-19(18)23-24-20)15-17-5-3-8-21(27-2)22(17)29-14-11-26-9-12-28-13-10-26/h3,5,8H,4,6-7,9-16H2,1-2H3,(H,23,24). The fraction of sp³-hybridized carbons (Fsp3) is 0.591. The van der Waals surface area contributed by atoms with Crippen LogP contribution in [-0.4, -0.2) is 73.6 Å². The van der Waals surface area contributed by atoms with Crippen molar-refractivity contribution >= 4 is 0 Å². The predicted octanol–water partition coefficient (Wildman–Crippen LogP) is 2.25. The van der Waals surface area contributed by atoms with Gasteiger partial charge < -0.3 is 14.2 Å². The topological polar surface area (TPSA) is 62.8 Å². The van der Waals surface area contributed by atoms with Crippen molar-refractivity contribution in [2.45, 2.75) is 32.4 Å². The van der Waals surface area contributed by atoms with Crippen LogP contribution in [0.1, 0.15) is 28.9 Å². The molecule has 2 heterocycles. The smallest absolute Gasteiger partial charge is 0.165 e. The van der Waals surface area contributed by atoms with Gasteiger partial charge in [0, 0.05) is 44.0 Å². The first-order valence-electron chi connectivity index (χ1n) is 10.6. The van der Waals surface area contributed by atoms with Gasteiger partial charge in [0.05, 0.1) is 26.0 Å². The molecule has 4 rings (SSSR count). The molecule has 0 spiro atoms. The van der Waals surface area contributed by atoms with Crippen LogP contribution in [0.4, 0.5) is 0 Å². The average molecular weight is 401 g/mol. The third kappa shape index (κ3) is 4.91. The minimum atomic E-state index is 0.643. The number of fused-ring (bicyclic) bond motifs is 1. The van der Waals surface area contributed by atoms with Crippen molar-refractivity contribution in [3.8, 4) is 11.5 Å². The molecule has 2 aliphatic rings. The Morgan fingerprint density at radius 3 is 2.90 bits per heavy atom. The zero-order chi connectivity index (χ0) is 20.1. The van der Waals surface area contributed by atoms with Crippen molar-refractivity contribution in [3.05, 3.63) is 40.7 Å². The number of rotatable bonds is 9. The molecule has 0 saturated carbocycles. The van der Waals surface area contributed by atoms with Crippen LogP contribution in [0.5, 0.6) is 11.5 Å². The Morgan fingerprint density at radius 2 is 2.07 bits per heavy atom. The second-order valence-corrected chi connectivity index (χ2v) is 7.90. The highest BCUT2D eigenvalue weighted by atomic mass is 16.5. The number of aryl methyl sites for hydroxylation is 1. The SMILES string of the molecule is COc1cccc(CN(C)Cc2n[nH]c3c2CCC3)c1OCCN1CCOCC1. The lowest BCUT2D eigenvalue weighted by molar-refractivity contribution is 0.0320. The highest BCUT2D eigenvalue weighted by Crippen LogP contribution is 2.32. The molecule has 0 radical (unpaired) electrons. The first-order valence-corrected chi connectivity index (χ1v) is 10.6. The van der Waals surface area contributed by atoms with Gasteiger partial charge in [0.25, 0.3) is 0 Å². The molecule has 1 aromatic carbocycles. The number of benzene rings is 1. The molecule has 158 valence electrons. The Kier molecular flexibility index (Phi) is 6.69. The first-order chi connectivity index (χ1) is 14.2. The fourth-order valence-corrected chi connectivity index (χ4v) is 4.23. The third-order valence-electron chi connectivity index (χ3n) is 5.79. The molecule has 0 amide bonds. The number of ether oxygens (including phenoxy) is 3. The Morgan fingerprint density at radius 1 is 1.21 bits per heavy atom. The van der Waals surface area contributed by atoms with Gasteiger partial charge in [-0.3, -0.25) is 14.9 Å². The van der Waals surface area contributed by atoms with Gasteiger partial charge in [0.2, 0.25) is 0 Å². The molecule has 0 atom stereocenters. The molecule has 1 N–H and O–H groups in total. The van der Waals surface area contributed by atoms with Crippen LogP contribution in [0.25, 0.3) is 0 Å². The molecular weight excluding hydrogens is 368 g/mol. The number of hydrogen-bond donors (Lipinski definition) is 1. The maximum absolute atomic E-state index is 6.22. The number of nitrogens with one attached hydrogen (secondary N) is 1. The van der Waals surface area contributed by atoms with E-state index < -0.39 is 0 Å². The highest BCUT2D eigenvalue weighted by Gasteiger charge is 2.20. The van der Waals surface area contributed by atoms with E-state index in [2.05, 4.69) is 33.1 Å². The Bertz CT molecular complexity index is 801. The van der Waals surface area contributed by atoms with Crippen molar-refractivity contribution in [3.63, 3.8) is 0 Å². The summed E-state index contributed by atoms with van der Waals surface area (Å²) < 4.78 is 17.2. The Labute approximate surface area is 172 Å². The summed E-state index contributed by atoms with van der Waals surface area (Å²) >= 11 is 0. The minimum Gasteiger partial charge on any atom is -0.493 e. The van der Waals surface area contributed by atoms with Crippen LogP contribution in [0.15, 0.2) is 18.2 Å². The Hall–Kier alpha value is -2.09. The van der Waals surface area contributed by atoms with E-state index in [9.17, 15) is 0 Å². The van der Waals surface area contributed by atoms with Crippen molar-refractivity contribution < 1.29 is 14.2 Å². The predicted molar refractivity (Wildman–Crippen MR) is 112 cm³/mol. The van der Waals surface area contributed by atoms with Crippen molar-refractivity contribution in [1.29, 1.82) is 0 Å². The van der Waals surface area contributed by atoms with Crippen LogP contribution in [0.3, 0.4) is 0 Å². The minimum absolute atomic E-state index is 0.643. The van der Waals surface area contributed by atoms with Gasteiger partial charge in [-0.15, -0.1) is 0 Å². The molecule has 0 unspecified atom stereocenters. The van der Waals surface area contributed by atoms with Crippen LogP contribution < -0.4 is 9.47 Å². The number of para-hydroxylation sites is 1. The lowest BCUT2D eigenvalue weighted by Crippen LogP contribution is -2.38. The monoisotopic (exact) mass is 400 g/mol. The van der Waals surface area contributed by atoms with Gasteiger partial charge in [0.1, 0.15) is 6.61 Å². The van der Waals surface area contributed by atoms with Gasteiger partial charge in [-0.05, 0) is 37.9 Å². The fourth-order valence-electron chi connectivity index (χ4n) is 4.23. The Balaban J connectivity index is 1.39. The summed E-state index contributed by atoms with van der Waals surface area (Å²) in [6.07, 6.45) is 3.50. The van der Waals surface area contributed by atoms with E-state index in [0.29, 0.717) is 6.61 Å². The number of morpholine rings is 1. The van der Waals surface area contributed by atoms with E-state index in [1.807, 2.05) is 12.1 Å². The van der Waals surface area contributed by atoms with Crippen molar-refractivity contribution in [2.24, 2.45) is 0 Å². The lowest BCUT2D eigenvalue weighted by Gasteiger charge is -2.27. The molecule has 7 nitrogen and oxygen atoms in total. The highest BCUT2D eigenvalue weighted by molar-refractivity contribution is 5.46. The van der Waals surface area contributed by atoms with Crippen LogP contribution >= 0.6 is 0 Å². The largest absolute Gasteiger partial charge is 0.493 e. The van der Waals surface area contributed by atoms with Gasteiger partial charge in [-0.25, -0.2) is 0 Å². The summed E-state index contributed by atoms with van der Waals surface area (Å²) in [5, 5.41) is 7.75. The van der Waals surface area contributed by atoms with E-state index in [-0.39, 0.29) is 0 Å². The number of aromatic nitrogens is 2. The maximum Gasteiger partial charge on any atom is 0.165 e. The lowest BCUT2D eigenvalue weighted by atomic mass is 10.1. The van der Waals surface area contributed by atoms with E-state index in [1.54, 1.807) is 7.11 Å². The molecule has 1 aliphatic heterocycles. The quantitative estimate of drug-likeness (QED) is 0.697. The second kappa shape index (κ2) is 9.61. The van der Waals surface area contributed by atoms with Gasteiger partial charge in [-0.1, -0.05) is 12.1 Å². The average Bonchev–Trinajstić information content (AvgIpc) is 3.35. The van der Waals surface area contributed by atoms with Crippen molar-refractivity contribution in [1.82, 2.24) is 20.0 Å². The summed E-state index contributed by atoms with van der Waals surface area (Å²) in [7, 11) is 3.83. The van der Waals surface area contributed by atoms with Gasteiger partial charge in [-0.2, -0.15) is 5.10 Å². The number of methoxy groups -OCH3 is 1. The number of hydrogen-bond acceptors (Lipinski definition) is 6. The molecule has 7 heteroatoms. The van der Waals surface area contributed by atoms with Crippen molar-refractivity contribution in [2.75, 3.05) is 53.6 Å². The molecule has 2 aromatic rings. The van der Waals surface area contributed by atoms with Crippen LogP contribution in [0, 0.1) is 0 Å². The summed E-state index contributed by atoms with van der Waals surface area (Å²) in [5.41, 5.74) is 5.06. The summed E-state index contributed by atoms with van der Waals surface area (Å²) in [6, 6.07) is 6.12. The number of aromatic amines is 1. The molecule has 0 bridgehead atoms. The normalized spacial score (nSPS) is 16.9. The van der Waals surface area contributed by atoms with E-state index >= 15 is 0 Å². The first kappa shape index (κ1) is 20.2. The van der Waals surface area contributed by atoms with E-state index in [0.717, 1.165) is 75.8 Å². The maximum atomic E-state index is 6.22. The zero-order valence-electron chi connectivity index (χ0n) is 17.6. The third-order valence-corrected chi connectivity index (χ3v) is 5.79. The van der Waals surface area contributed by atoms with Crippen LogP contribution in [-0.2, 0) is 30.7 Å². The summed E-state index contributed by atoms with van der Waals surface area (Å²) in [4.78, 5) is 4.67. The summed E-state index contributed by atoms with van der Waals surface area (Å²) in [6.45, 7) is 6.71. The number of nitrogens with zero attached hydrogens (tertiary/aromatic N) is 3. The van der Waals surface area contributed by atoms with E-state index in [4.69, 9.17) is 14.2 Å². The molecule has 1 fully saturated rings.